The van der Waals surface area contributed by atoms with Gasteiger partial charge in [-0.3, -0.25) is 14.3 Å². The maximum absolute atomic E-state index is 12.8. The quantitative estimate of drug-likeness (QED) is 0.498. The van der Waals surface area contributed by atoms with Gasteiger partial charge in [-0.25, -0.2) is 4.52 Å². The molecule has 2 aromatic carbocycles. The molecule has 0 aliphatic rings. The van der Waals surface area contributed by atoms with Crippen LogP contribution in [0.3, 0.4) is 0 Å². The van der Waals surface area contributed by atoms with Crippen LogP contribution in [0, 0.1) is 6.92 Å². The van der Waals surface area contributed by atoms with Crippen LogP contribution in [0.25, 0.3) is 16.6 Å². The Morgan fingerprint density at radius 2 is 1.87 bits per heavy atom. The van der Waals surface area contributed by atoms with E-state index in [1.807, 2.05) is 12.1 Å². The van der Waals surface area contributed by atoms with Gasteiger partial charge in [0.05, 0.1) is 19.7 Å². The predicted octanol–water partition coefficient (Wildman–Crippen LogP) is 2.94. The Bertz CT molecular complexity index is 1360. The molecule has 0 saturated heterocycles. The first-order valence-electron chi connectivity index (χ1n) is 9.57. The highest BCUT2D eigenvalue weighted by Crippen LogP contribution is 2.34. The molecule has 9 heteroatoms. The third kappa shape index (κ3) is 3.94. The van der Waals surface area contributed by atoms with Gasteiger partial charge in [0.2, 0.25) is 5.91 Å². The lowest BCUT2D eigenvalue weighted by molar-refractivity contribution is -0.122. The normalized spacial score (nSPS) is 11.1. The van der Waals surface area contributed by atoms with Crippen molar-refractivity contribution in [3.8, 4) is 11.5 Å². The molecule has 2 aromatic heterocycles. The molecule has 1 amide bonds. The van der Waals surface area contributed by atoms with E-state index in [1.165, 1.54) is 13.2 Å². The largest absolute Gasteiger partial charge is 0.493 e. The van der Waals surface area contributed by atoms with Crippen LogP contribution in [0.5, 0.6) is 11.5 Å². The van der Waals surface area contributed by atoms with E-state index >= 15 is 0 Å². The molecule has 1 N–H and O–H groups in total. The molecule has 0 aliphatic carbocycles. The zero-order chi connectivity index (χ0) is 22.1. The summed E-state index contributed by atoms with van der Waals surface area (Å²) in [5.74, 6) is 0.821. The second kappa shape index (κ2) is 8.31. The van der Waals surface area contributed by atoms with Crippen molar-refractivity contribution in [2.45, 2.75) is 20.0 Å². The molecule has 0 radical (unpaired) electrons. The van der Waals surface area contributed by atoms with Crippen molar-refractivity contribution in [3.63, 3.8) is 0 Å². The summed E-state index contributed by atoms with van der Waals surface area (Å²) < 4.78 is 14.3. The summed E-state index contributed by atoms with van der Waals surface area (Å²) >= 11 is 6.01. The van der Waals surface area contributed by atoms with E-state index in [0.717, 1.165) is 5.56 Å². The number of aryl methyl sites for hydroxylation is 1. The van der Waals surface area contributed by atoms with Crippen molar-refractivity contribution in [2.24, 2.45) is 0 Å². The molecule has 0 atom stereocenters. The smallest absolute Gasteiger partial charge is 0.273 e. The average Bonchev–Trinajstić information content (AvgIpc) is 3.04. The molecular formula is C22H21ClN4O4. The van der Waals surface area contributed by atoms with E-state index in [9.17, 15) is 9.59 Å². The predicted molar refractivity (Wildman–Crippen MR) is 118 cm³/mol. The lowest BCUT2D eigenvalue weighted by Gasteiger charge is -2.12. The van der Waals surface area contributed by atoms with Gasteiger partial charge in [-0.2, -0.15) is 4.98 Å². The number of amides is 1. The van der Waals surface area contributed by atoms with Gasteiger partial charge in [0.15, 0.2) is 17.1 Å². The summed E-state index contributed by atoms with van der Waals surface area (Å²) in [6.07, 6.45) is 0. The molecule has 8 nitrogen and oxygen atoms in total. The zero-order valence-corrected chi connectivity index (χ0v) is 18.1. The summed E-state index contributed by atoms with van der Waals surface area (Å²) in [5.41, 5.74) is 2.35. The number of carbonyl (C=O) groups is 1. The van der Waals surface area contributed by atoms with Gasteiger partial charge in [0, 0.05) is 34.8 Å². The molecule has 0 fully saturated rings. The van der Waals surface area contributed by atoms with Crippen molar-refractivity contribution in [1.82, 2.24) is 19.5 Å². The number of nitrogens with one attached hydrogen (secondary N) is 1. The highest BCUT2D eigenvalue weighted by molar-refractivity contribution is 6.30. The Balaban J connectivity index is 1.77. The molecule has 4 aromatic rings. The second-order valence-electron chi connectivity index (χ2n) is 7.06. The Labute approximate surface area is 182 Å². The fourth-order valence-corrected chi connectivity index (χ4v) is 3.85. The van der Waals surface area contributed by atoms with Crippen molar-refractivity contribution in [1.29, 1.82) is 0 Å². The maximum atomic E-state index is 12.8. The second-order valence-corrected chi connectivity index (χ2v) is 7.50. The molecule has 0 saturated carbocycles. The fraction of sp³-hybridized carbons (Fsp3) is 0.227. The van der Waals surface area contributed by atoms with E-state index in [2.05, 4.69) is 10.3 Å². The molecular weight excluding hydrogens is 420 g/mol. The first-order valence-corrected chi connectivity index (χ1v) is 9.95. The van der Waals surface area contributed by atoms with Crippen molar-refractivity contribution >= 4 is 34.1 Å². The van der Waals surface area contributed by atoms with E-state index in [1.54, 1.807) is 47.5 Å². The number of aromatic nitrogens is 3. The Morgan fingerprint density at radius 3 is 2.58 bits per heavy atom. The van der Waals surface area contributed by atoms with Crippen molar-refractivity contribution < 1.29 is 14.3 Å². The first-order chi connectivity index (χ1) is 14.9. The maximum Gasteiger partial charge on any atom is 0.273 e. The van der Waals surface area contributed by atoms with E-state index in [-0.39, 0.29) is 18.0 Å². The first kappa shape index (κ1) is 20.7. The van der Waals surface area contributed by atoms with E-state index in [0.29, 0.717) is 45.3 Å². The van der Waals surface area contributed by atoms with Crippen LogP contribution in [-0.4, -0.2) is 34.3 Å². The zero-order valence-electron chi connectivity index (χ0n) is 17.3. The van der Waals surface area contributed by atoms with Gasteiger partial charge in [0.1, 0.15) is 6.54 Å². The van der Waals surface area contributed by atoms with Crippen molar-refractivity contribution in [3.05, 3.63) is 69.1 Å². The highest BCUT2D eigenvalue weighted by atomic mass is 35.5. The van der Waals surface area contributed by atoms with Crippen LogP contribution >= 0.6 is 11.6 Å². The number of carbonyl (C=O) groups excluding carboxylic acids is 1. The number of hydrogen-bond acceptors (Lipinski definition) is 5. The Kier molecular flexibility index (Phi) is 5.56. The van der Waals surface area contributed by atoms with Crippen LogP contribution in [0.1, 0.15) is 11.3 Å². The van der Waals surface area contributed by atoms with Crippen molar-refractivity contribution in [2.75, 3.05) is 14.2 Å². The SMILES string of the molecule is COc1cc2c(cc1OC)n(CC(=O)NCc1cccc(Cl)c1)n1c(C)cc(=O)nc21. The number of nitrogens with zero attached hydrogens (tertiary/aromatic N) is 3. The molecule has 160 valence electrons. The van der Waals surface area contributed by atoms with Gasteiger partial charge < -0.3 is 14.8 Å². The Morgan fingerprint density at radius 1 is 1.13 bits per heavy atom. The summed E-state index contributed by atoms with van der Waals surface area (Å²) in [7, 11) is 3.08. The van der Waals surface area contributed by atoms with Gasteiger partial charge in [-0.05, 0) is 30.7 Å². The third-order valence-electron chi connectivity index (χ3n) is 5.02. The van der Waals surface area contributed by atoms with E-state index < -0.39 is 0 Å². The molecule has 0 bridgehead atoms. The lowest BCUT2D eigenvalue weighted by Crippen LogP contribution is -2.29. The summed E-state index contributed by atoms with van der Waals surface area (Å²) in [4.78, 5) is 29.0. The minimum Gasteiger partial charge on any atom is -0.493 e. The van der Waals surface area contributed by atoms with Crippen LogP contribution in [0.15, 0.2) is 47.3 Å². The topological polar surface area (TPSA) is 86.9 Å². The van der Waals surface area contributed by atoms with Gasteiger partial charge in [-0.1, -0.05) is 23.7 Å². The van der Waals surface area contributed by atoms with Crippen LogP contribution in [0.2, 0.25) is 5.02 Å². The molecule has 0 aliphatic heterocycles. The van der Waals surface area contributed by atoms with Crippen LogP contribution < -0.4 is 20.3 Å². The number of benzene rings is 2. The summed E-state index contributed by atoms with van der Waals surface area (Å²) in [6.45, 7) is 2.16. The fourth-order valence-electron chi connectivity index (χ4n) is 3.63. The monoisotopic (exact) mass is 440 g/mol. The Hall–Kier alpha value is -3.52. The molecule has 0 spiro atoms. The van der Waals surface area contributed by atoms with E-state index in [4.69, 9.17) is 21.1 Å². The van der Waals surface area contributed by atoms with Gasteiger partial charge >= 0.3 is 0 Å². The summed E-state index contributed by atoms with van der Waals surface area (Å²) in [5, 5.41) is 4.20. The minimum absolute atomic E-state index is 0.0153. The van der Waals surface area contributed by atoms with Crippen LogP contribution in [0.4, 0.5) is 0 Å². The number of ether oxygens (including phenoxy) is 2. The van der Waals surface area contributed by atoms with Gasteiger partial charge in [0.25, 0.3) is 5.56 Å². The number of rotatable bonds is 6. The summed E-state index contributed by atoms with van der Waals surface area (Å²) in [6, 6.07) is 12.3. The number of methoxy groups -OCH3 is 2. The standard InChI is InChI=1S/C22H21ClN4O4/c1-13-7-20(28)25-22-16-9-18(30-2)19(31-3)10-17(16)26(27(13)22)12-21(29)24-11-14-5-4-6-15(23)8-14/h4-10H,11-12H2,1-3H3,(H,24,29). The third-order valence-corrected chi connectivity index (χ3v) is 5.25. The average molecular weight is 441 g/mol. The molecule has 4 rings (SSSR count). The number of fused-ring (bicyclic) bond motifs is 3. The molecule has 31 heavy (non-hydrogen) atoms. The number of halogens is 1. The van der Waals surface area contributed by atoms with Gasteiger partial charge in [-0.15, -0.1) is 0 Å². The number of hydrogen-bond donors (Lipinski definition) is 1. The highest BCUT2D eigenvalue weighted by Gasteiger charge is 2.19. The van der Waals surface area contributed by atoms with Crippen LogP contribution in [-0.2, 0) is 17.9 Å². The molecule has 0 unspecified atom stereocenters. The molecule has 2 heterocycles. The lowest BCUT2D eigenvalue weighted by atomic mass is 10.2. The minimum atomic E-state index is -0.350.